The summed E-state index contributed by atoms with van der Waals surface area (Å²) in [7, 11) is 0. The topological polar surface area (TPSA) is 102 Å². The smallest absolute Gasteiger partial charge is 0.339 e. The maximum absolute atomic E-state index is 14.3. The highest BCUT2D eigenvalue weighted by atomic mass is 16.7. The van der Waals surface area contributed by atoms with Gasteiger partial charge in [-0.25, -0.2) is 4.79 Å². The minimum Gasteiger partial charge on any atom is -0.451 e. The summed E-state index contributed by atoms with van der Waals surface area (Å²) in [6, 6.07) is 48.5. The first-order valence-corrected chi connectivity index (χ1v) is 18.8. The minimum atomic E-state index is -1.33. The Labute approximate surface area is 323 Å². The van der Waals surface area contributed by atoms with E-state index >= 15 is 0 Å². The van der Waals surface area contributed by atoms with Crippen LogP contribution in [-0.4, -0.2) is 54.7 Å². The van der Waals surface area contributed by atoms with Gasteiger partial charge < -0.3 is 33.7 Å². The van der Waals surface area contributed by atoms with E-state index in [2.05, 4.69) is 5.32 Å². The van der Waals surface area contributed by atoms with Crippen molar-refractivity contribution >= 4 is 11.9 Å². The molecule has 1 aliphatic rings. The molecule has 5 aromatic carbocycles. The average Bonchev–Trinajstić information content (AvgIpc) is 3.22. The van der Waals surface area contributed by atoms with Crippen LogP contribution in [0.25, 0.3) is 0 Å². The number of esters is 1. The Bertz CT molecular complexity index is 1860. The molecule has 1 amide bonds. The molecule has 286 valence electrons. The SMILES string of the molecule is C[C@@H](Cc1ccccc1)NC(=O)[C@@H](C)OC(=O)C1OC(OCc2ccccc2)C(OCc2ccccc2)C(OCc2ccccc2)C1OCc1ccccc1. The van der Waals surface area contributed by atoms with Crippen molar-refractivity contribution in [2.45, 2.75) is 89.5 Å². The normalized spacial score (nSPS) is 20.6. The molecule has 0 aromatic heterocycles. The summed E-state index contributed by atoms with van der Waals surface area (Å²) in [4.78, 5) is 27.6. The highest BCUT2D eigenvalue weighted by molar-refractivity contribution is 5.85. The molecular formula is C46H49NO8. The Kier molecular flexibility index (Phi) is 14.7. The highest BCUT2D eigenvalue weighted by Crippen LogP contribution is 2.32. The van der Waals surface area contributed by atoms with Crippen LogP contribution in [0.4, 0.5) is 0 Å². The molecule has 1 N–H and O–H groups in total. The summed E-state index contributed by atoms with van der Waals surface area (Å²) in [5.41, 5.74) is 4.75. The monoisotopic (exact) mass is 743 g/mol. The first-order chi connectivity index (χ1) is 26.9. The summed E-state index contributed by atoms with van der Waals surface area (Å²) in [5, 5.41) is 2.97. The van der Waals surface area contributed by atoms with Crippen LogP contribution in [0.1, 0.15) is 41.7 Å². The second-order valence-corrected chi connectivity index (χ2v) is 13.7. The van der Waals surface area contributed by atoms with E-state index in [1.165, 1.54) is 0 Å². The summed E-state index contributed by atoms with van der Waals surface area (Å²) < 4.78 is 38.7. The van der Waals surface area contributed by atoms with Gasteiger partial charge in [0.15, 0.2) is 18.5 Å². The Morgan fingerprint density at radius 2 is 0.909 bits per heavy atom. The Morgan fingerprint density at radius 1 is 0.527 bits per heavy atom. The molecule has 5 unspecified atom stereocenters. The zero-order valence-corrected chi connectivity index (χ0v) is 31.3. The molecule has 9 heteroatoms. The summed E-state index contributed by atoms with van der Waals surface area (Å²) in [5.74, 6) is -1.20. The van der Waals surface area contributed by atoms with Crippen molar-refractivity contribution in [2.24, 2.45) is 0 Å². The van der Waals surface area contributed by atoms with Gasteiger partial charge in [0.2, 0.25) is 0 Å². The fraction of sp³-hybridized carbons (Fsp3) is 0.304. The van der Waals surface area contributed by atoms with E-state index in [4.69, 9.17) is 28.4 Å². The van der Waals surface area contributed by atoms with E-state index < -0.39 is 48.7 Å². The predicted molar refractivity (Wildman–Crippen MR) is 208 cm³/mol. The predicted octanol–water partition coefficient (Wildman–Crippen LogP) is 7.36. The second-order valence-electron chi connectivity index (χ2n) is 13.7. The van der Waals surface area contributed by atoms with Crippen LogP contribution in [0.2, 0.25) is 0 Å². The van der Waals surface area contributed by atoms with Crippen molar-refractivity contribution < 1.29 is 38.0 Å². The lowest BCUT2D eigenvalue weighted by Gasteiger charge is -2.45. The largest absolute Gasteiger partial charge is 0.451 e. The van der Waals surface area contributed by atoms with Gasteiger partial charge in [-0.05, 0) is 48.1 Å². The van der Waals surface area contributed by atoms with Crippen molar-refractivity contribution in [2.75, 3.05) is 0 Å². The molecule has 1 fully saturated rings. The Hall–Kier alpha value is -5.16. The van der Waals surface area contributed by atoms with E-state index in [9.17, 15) is 9.59 Å². The van der Waals surface area contributed by atoms with Gasteiger partial charge in [0.05, 0.1) is 26.4 Å². The summed E-state index contributed by atoms with van der Waals surface area (Å²) in [6.07, 6.45) is -5.62. The van der Waals surface area contributed by atoms with E-state index in [1.54, 1.807) is 6.92 Å². The van der Waals surface area contributed by atoms with Crippen molar-refractivity contribution in [3.8, 4) is 0 Å². The van der Waals surface area contributed by atoms with Crippen LogP contribution in [-0.2, 0) is 70.9 Å². The number of amides is 1. The average molecular weight is 744 g/mol. The summed E-state index contributed by atoms with van der Waals surface area (Å²) in [6.45, 7) is 4.21. The number of carbonyl (C=O) groups is 2. The number of carbonyl (C=O) groups excluding carboxylic acids is 2. The quantitative estimate of drug-likeness (QED) is 0.0930. The lowest BCUT2D eigenvalue weighted by atomic mass is 9.97. The molecule has 6 rings (SSSR count). The zero-order chi connectivity index (χ0) is 38.2. The maximum Gasteiger partial charge on any atom is 0.339 e. The third-order valence-electron chi connectivity index (χ3n) is 9.28. The van der Waals surface area contributed by atoms with Crippen LogP contribution in [0, 0.1) is 0 Å². The van der Waals surface area contributed by atoms with E-state index in [0.717, 1.165) is 27.8 Å². The van der Waals surface area contributed by atoms with Gasteiger partial charge in [0, 0.05) is 6.04 Å². The lowest BCUT2D eigenvalue weighted by Crippen LogP contribution is -2.63. The molecule has 0 radical (unpaired) electrons. The molecule has 1 saturated heterocycles. The number of hydrogen-bond donors (Lipinski definition) is 1. The molecule has 1 heterocycles. The molecule has 7 atom stereocenters. The first kappa shape index (κ1) is 39.5. The van der Waals surface area contributed by atoms with Crippen molar-refractivity contribution in [1.29, 1.82) is 0 Å². The van der Waals surface area contributed by atoms with Gasteiger partial charge in [-0.1, -0.05) is 152 Å². The van der Waals surface area contributed by atoms with Gasteiger partial charge >= 0.3 is 5.97 Å². The molecule has 0 aliphatic carbocycles. The second kappa shape index (κ2) is 20.5. The van der Waals surface area contributed by atoms with E-state index in [1.807, 2.05) is 159 Å². The summed E-state index contributed by atoms with van der Waals surface area (Å²) >= 11 is 0. The Morgan fingerprint density at radius 3 is 1.36 bits per heavy atom. The Balaban J connectivity index is 1.28. The van der Waals surface area contributed by atoms with Crippen LogP contribution in [0.5, 0.6) is 0 Å². The van der Waals surface area contributed by atoms with Crippen molar-refractivity contribution in [1.82, 2.24) is 5.32 Å². The lowest BCUT2D eigenvalue weighted by molar-refractivity contribution is -0.323. The minimum absolute atomic E-state index is 0.151. The molecular weight excluding hydrogens is 695 g/mol. The van der Waals surface area contributed by atoms with Gasteiger partial charge in [0.25, 0.3) is 5.91 Å². The maximum atomic E-state index is 14.3. The zero-order valence-electron chi connectivity index (χ0n) is 31.3. The van der Waals surface area contributed by atoms with Crippen molar-refractivity contribution in [3.63, 3.8) is 0 Å². The van der Waals surface area contributed by atoms with E-state index in [-0.39, 0.29) is 32.5 Å². The van der Waals surface area contributed by atoms with Crippen LogP contribution in [0.15, 0.2) is 152 Å². The van der Waals surface area contributed by atoms with Crippen LogP contribution < -0.4 is 5.32 Å². The van der Waals surface area contributed by atoms with Crippen LogP contribution in [0.3, 0.4) is 0 Å². The van der Waals surface area contributed by atoms with Crippen LogP contribution >= 0.6 is 0 Å². The third-order valence-corrected chi connectivity index (χ3v) is 9.28. The van der Waals surface area contributed by atoms with Crippen molar-refractivity contribution in [3.05, 3.63) is 179 Å². The molecule has 1 aliphatic heterocycles. The van der Waals surface area contributed by atoms with Gasteiger partial charge in [-0.2, -0.15) is 0 Å². The van der Waals surface area contributed by atoms with Gasteiger partial charge in [0.1, 0.15) is 18.3 Å². The molecule has 9 nitrogen and oxygen atoms in total. The molecule has 0 spiro atoms. The fourth-order valence-corrected chi connectivity index (χ4v) is 6.41. The fourth-order valence-electron chi connectivity index (χ4n) is 6.41. The first-order valence-electron chi connectivity index (χ1n) is 18.8. The molecule has 5 aromatic rings. The number of rotatable bonds is 18. The molecule has 0 bridgehead atoms. The molecule has 0 saturated carbocycles. The standard InChI is InChI=1S/C46H49NO8/c1-33(28-35-18-8-3-9-19-35)47-44(48)34(2)54-45(49)42-40(50-29-36-20-10-4-11-21-36)41(51-30-37-22-12-5-13-23-37)43(52-31-38-24-14-6-15-25-38)46(55-42)53-32-39-26-16-7-17-27-39/h3-27,33-34,40-43,46H,28-32H2,1-2H3,(H,47,48)/t33-,34+,40?,41?,42?,43?,46?/m0/s1. The van der Waals surface area contributed by atoms with Gasteiger partial charge in [-0.3, -0.25) is 4.79 Å². The number of nitrogens with one attached hydrogen (secondary N) is 1. The number of ether oxygens (including phenoxy) is 6. The number of hydrogen-bond acceptors (Lipinski definition) is 8. The number of benzene rings is 5. The third kappa shape index (κ3) is 11.9. The highest BCUT2D eigenvalue weighted by Gasteiger charge is 2.52. The van der Waals surface area contributed by atoms with Gasteiger partial charge in [-0.15, -0.1) is 0 Å². The van der Waals surface area contributed by atoms with E-state index in [0.29, 0.717) is 6.42 Å². The molecule has 55 heavy (non-hydrogen) atoms.